The van der Waals surface area contributed by atoms with Crippen LogP contribution in [0.1, 0.15) is 96.8 Å². The second-order valence-electron chi connectivity index (χ2n) is 11.0. The molecule has 0 aromatic rings. The summed E-state index contributed by atoms with van der Waals surface area (Å²) < 4.78 is 6.40. The molecule has 0 spiro atoms. The highest BCUT2D eigenvalue weighted by Crippen LogP contribution is 2.53. The molecule has 4 aliphatic carbocycles. The third-order valence-corrected chi connectivity index (χ3v) is 9.92. The molecule has 9 atom stereocenters. The second-order valence-corrected chi connectivity index (χ2v) is 11.0. The van der Waals surface area contributed by atoms with Crippen LogP contribution in [0.15, 0.2) is 0 Å². The molecule has 1 saturated heterocycles. The zero-order valence-corrected chi connectivity index (χ0v) is 17.2. The van der Waals surface area contributed by atoms with Gasteiger partial charge in [0.1, 0.15) is 0 Å². The number of ether oxygens (including phenoxy) is 1. The van der Waals surface area contributed by atoms with E-state index in [1.807, 2.05) is 0 Å². The number of hydrogen-bond acceptors (Lipinski definition) is 1. The third kappa shape index (κ3) is 3.40. The van der Waals surface area contributed by atoms with Gasteiger partial charge < -0.3 is 4.74 Å². The molecule has 0 radical (unpaired) electrons. The maximum absolute atomic E-state index is 6.40. The first kappa shape index (κ1) is 18.0. The lowest BCUT2D eigenvalue weighted by Gasteiger charge is -2.51. The van der Waals surface area contributed by atoms with Gasteiger partial charge in [0.25, 0.3) is 0 Å². The Kier molecular flexibility index (Phi) is 5.38. The molecule has 9 unspecified atom stereocenters. The summed E-state index contributed by atoms with van der Waals surface area (Å²) in [7, 11) is 0. The van der Waals surface area contributed by atoms with Gasteiger partial charge in [0.15, 0.2) is 0 Å². The fourth-order valence-corrected chi connectivity index (χ4v) is 8.37. The van der Waals surface area contributed by atoms with Crippen molar-refractivity contribution in [3.63, 3.8) is 0 Å². The molecule has 5 rings (SSSR count). The summed E-state index contributed by atoms with van der Waals surface area (Å²) in [5, 5.41) is 0. The largest absolute Gasteiger partial charge is 0.378 e. The summed E-state index contributed by atoms with van der Waals surface area (Å²) in [5.74, 6) is 8.25. The molecule has 0 amide bonds. The number of fused-ring (bicyclic) bond motifs is 4. The molecule has 0 aromatic heterocycles. The minimum Gasteiger partial charge on any atom is -0.378 e. The molecular formula is C25H42O. The Hall–Kier alpha value is -0.0400. The summed E-state index contributed by atoms with van der Waals surface area (Å²) in [6, 6.07) is 0. The fraction of sp³-hybridized carbons (Fsp3) is 1.00. The zero-order valence-electron chi connectivity index (χ0n) is 17.2. The highest BCUT2D eigenvalue weighted by atomic mass is 16.5. The Labute approximate surface area is 162 Å². The molecule has 1 nitrogen and oxygen atoms in total. The third-order valence-electron chi connectivity index (χ3n) is 9.92. The Morgan fingerprint density at radius 1 is 0.615 bits per heavy atom. The molecule has 5 aliphatic rings. The average Bonchev–Trinajstić information content (AvgIpc) is 2.72. The van der Waals surface area contributed by atoms with Gasteiger partial charge in [0.2, 0.25) is 0 Å². The molecule has 0 N–H and O–H groups in total. The van der Waals surface area contributed by atoms with E-state index in [1.54, 1.807) is 32.1 Å². The van der Waals surface area contributed by atoms with Crippen molar-refractivity contribution in [1.82, 2.24) is 0 Å². The molecule has 1 heteroatoms. The van der Waals surface area contributed by atoms with Gasteiger partial charge >= 0.3 is 0 Å². The van der Waals surface area contributed by atoms with Crippen LogP contribution in [0.5, 0.6) is 0 Å². The summed E-state index contributed by atoms with van der Waals surface area (Å²) >= 11 is 0. The lowest BCUT2D eigenvalue weighted by Crippen LogP contribution is -2.48. The van der Waals surface area contributed by atoms with Crippen LogP contribution in [0.2, 0.25) is 0 Å². The van der Waals surface area contributed by atoms with Gasteiger partial charge in [-0.1, -0.05) is 32.6 Å². The van der Waals surface area contributed by atoms with E-state index in [2.05, 4.69) is 6.92 Å². The van der Waals surface area contributed by atoms with Gasteiger partial charge in [-0.2, -0.15) is 0 Å². The van der Waals surface area contributed by atoms with Gasteiger partial charge in [-0.25, -0.2) is 0 Å². The quantitative estimate of drug-likeness (QED) is 0.524. The molecule has 1 aliphatic heterocycles. The molecule has 4 saturated carbocycles. The van der Waals surface area contributed by atoms with Crippen molar-refractivity contribution < 1.29 is 4.74 Å². The van der Waals surface area contributed by atoms with Crippen LogP contribution >= 0.6 is 0 Å². The van der Waals surface area contributed by atoms with Gasteiger partial charge in [0.05, 0.1) is 12.7 Å². The molecular weight excluding hydrogens is 316 g/mol. The highest BCUT2D eigenvalue weighted by Gasteiger charge is 2.46. The first-order valence-electron chi connectivity index (χ1n) is 12.4. The van der Waals surface area contributed by atoms with E-state index in [4.69, 9.17) is 4.74 Å². The van der Waals surface area contributed by atoms with E-state index in [0.29, 0.717) is 6.10 Å². The van der Waals surface area contributed by atoms with Gasteiger partial charge in [-0.15, -0.1) is 0 Å². The Morgan fingerprint density at radius 3 is 2.15 bits per heavy atom. The lowest BCUT2D eigenvalue weighted by atomic mass is 9.58. The van der Waals surface area contributed by atoms with Crippen molar-refractivity contribution >= 4 is 0 Å². The van der Waals surface area contributed by atoms with Crippen molar-refractivity contribution in [1.29, 1.82) is 0 Å². The highest BCUT2D eigenvalue weighted by molar-refractivity contribution is 4.96. The van der Waals surface area contributed by atoms with Crippen molar-refractivity contribution in [2.75, 3.05) is 6.61 Å². The van der Waals surface area contributed by atoms with Crippen LogP contribution in [0, 0.1) is 47.3 Å². The summed E-state index contributed by atoms with van der Waals surface area (Å²) in [6.45, 7) is 3.52. The molecule has 26 heavy (non-hydrogen) atoms. The molecule has 148 valence electrons. The first-order valence-corrected chi connectivity index (χ1v) is 12.4. The van der Waals surface area contributed by atoms with Gasteiger partial charge in [-0.3, -0.25) is 0 Å². The average molecular weight is 359 g/mol. The van der Waals surface area contributed by atoms with Crippen LogP contribution in [0.3, 0.4) is 0 Å². The summed E-state index contributed by atoms with van der Waals surface area (Å²) in [6.07, 6.45) is 21.8. The lowest BCUT2D eigenvalue weighted by molar-refractivity contribution is -0.134. The SMILES string of the molecule is CCC1CCC2CC(C3CCC4OCC5CCCCC5C4C3)CCC2C1. The predicted molar refractivity (Wildman–Crippen MR) is 108 cm³/mol. The molecule has 0 bridgehead atoms. The molecule has 0 aromatic carbocycles. The van der Waals surface area contributed by atoms with Crippen LogP contribution in [0.4, 0.5) is 0 Å². The fourth-order valence-electron chi connectivity index (χ4n) is 8.37. The normalized spacial score (nSPS) is 51.8. The number of rotatable bonds is 2. The maximum atomic E-state index is 6.40. The Morgan fingerprint density at radius 2 is 1.31 bits per heavy atom. The standard InChI is InChI=1S/C25H42O/c1-2-17-7-8-19-14-20(10-9-18(19)13-17)21-11-12-25-24(15-21)23-6-4-3-5-22(23)16-26-25/h17-25H,2-16H2,1H3. The molecule has 1 heterocycles. The van der Waals surface area contributed by atoms with Crippen LogP contribution < -0.4 is 0 Å². The smallest absolute Gasteiger partial charge is 0.0606 e. The monoisotopic (exact) mass is 358 g/mol. The van der Waals surface area contributed by atoms with Crippen molar-refractivity contribution in [3.05, 3.63) is 0 Å². The van der Waals surface area contributed by atoms with Crippen molar-refractivity contribution in [2.24, 2.45) is 47.3 Å². The second kappa shape index (κ2) is 7.76. The van der Waals surface area contributed by atoms with E-state index in [9.17, 15) is 0 Å². The maximum Gasteiger partial charge on any atom is 0.0606 e. The predicted octanol–water partition coefficient (Wildman–Crippen LogP) is 6.85. The topological polar surface area (TPSA) is 9.23 Å². The zero-order chi connectivity index (χ0) is 17.5. The van der Waals surface area contributed by atoms with E-state index in [-0.39, 0.29) is 0 Å². The van der Waals surface area contributed by atoms with Crippen molar-refractivity contribution in [3.8, 4) is 0 Å². The van der Waals surface area contributed by atoms with E-state index >= 15 is 0 Å². The van der Waals surface area contributed by atoms with E-state index in [1.165, 1.54) is 57.8 Å². The Bertz CT molecular complexity index is 473. The van der Waals surface area contributed by atoms with Crippen LogP contribution in [-0.2, 0) is 4.74 Å². The van der Waals surface area contributed by atoms with E-state index < -0.39 is 0 Å². The minimum absolute atomic E-state index is 0.641. The van der Waals surface area contributed by atoms with Crippen LogP contribution in [0.25, 0.3) is 0 Å². The van der Waals surface area contributed by atoms with E-state index in [0.717, 1.165) is 54.0 Å². The Balaban J connectivity index is 1.21. The van der Waals surface area contributed by atoms with Crippen LogP contribution in [-0.4, -0.2) is 12.7 Å². The number of hydrogen-bond donors (Lipinski definition) is 0. The first-order chi connectivity index (χ1) is 12.8. The summed E-state index contributed by atoms with van der Waals surface area (Å²) in [4.78, 5) is 0. The van der Waals surface area contributed by atoms with Gasteiger partial charge in [-0.05, 0) is 112 Å². The molecule has 5 fully saturated rings. The summed E-state index contributed by atoms with van der Waals surface area (Å²) in [5.41, 5.74) is 0. The van der Waals surface area contributed by atoms with Gasteiger partial charge in [0, 0.05) is 0 Å². The van der Waals surface area contributed by atoms with Crippen molar-refractivity contribution in [2.45, 2.75) is 103 Å². The minimum atomic E-state index is 0.641.